The molecule has 2 aliphatic rings. The lowest BCUT2D eigenvalue weighted by molar-refractivity contribution is 0.0262. The molecule has 0 aromatic heterocycles. The van der Waals surface area contributed by atoms with Gasteiger partial charge in [0, 0.05) is 5.56 Å². The Kier molecular flexibility index (Phi) is 2.44. The number of fused-ring (bicyclic) bond motifs is 1. The van der Waals surface area contributed by atoms with Crippen LogP contribution in [0.2, 0.25) is 0 Å². The van der Waals surface area contributed by atoms with E-state index in [0.717, 1.165) is 17.7 Å². The molecule has 1 aromatic rings. The minimum Gasteiger partial charge on any atom is -0.497 e. The van der Waals surface area contributed by atoms with Crippen LogP contribution in [-0.2, 0) is 4.74 Å². The Morgan fingerprint density at radius 2 is 2.12 bits per heavy atom. The van der Waals surface area contributed by atoms with Crippen LogP contribution in [0.15, 0.2) is 36.2 Å². The van der Waals surface area contributed by atoms with Crippen LogP contribution >= 0.6 is 0 Å². The van der Waals surface area contributed by atoms with Crippen molar-refractivity contribution in [2.24, 2.45) is 0 Å². The van der Waals surface area contributed by atoms with E-state index < -0.39 is 0 Å². The zero-order chi connectivity index (χ0) is 11.8. The van der Waals surface area contributed by atoms with Crippen LogP contribution in [-0.4, -0.2) is 29.8 Å². The number of aliphatic hydroxyl groups excluding tert-OH is 1. The van der Waals surface area contributed by atoms with Crippen molar-refractivity contribution in [2.75, 3.05) is 13.7 Å². The van der Waals surface area contributed by atoms with Gasteiger partial charge in [0.05, 0.1) is 19.8 Å². The number of nitrogens with zero attached hydrogens (tertiary/aromatic N) is 1. The zero-order valence-electron chi connectivity index (χ0n) is 9.67. The summed E-state index contributed by atoms with van der Waals surface area (Å²) in [4.78, 5) is 1.93. The molecule has 1 fully saturated rings. The van der Waals surface area contributed by atoms with Crippen molar-refractivity contribution in [1.82, 2.24) is 4.90 Å². The molecule has 17 heavy (non-hydrogen) atoms. The Hall–Kier alpha value is -1.68. The van der Waals surface area contributed by atoms with Crippen LogP contribution < -0.4 is 4.74 Å². The van der Waals surface area contributed by atoms with Gasteiger partial charge in [0.1, 0.15) is 5.75 Å². The lowest BCUT2D eigenvalue weighted by atomic mass is 10.1. The fourth-order valence-corrected chi connectivity index (χ4v) is 2.42. The van der Waals surface area contributed by atoms with Crippen molar-refractivity contribution in [2.45, 2.75) is 18.7 Å². The van der Waals surface area contributed by atoms with Crippen molar-refractivity contribution >= 4 is 0 Å². The molecule has 0 unspecified atom stereocenters. The van der Waals surface area contributed by atoms with Crippen molar-refractivity contribution in [3.8, 4) is 5.75 Å². The Balaban J connectivity index is 1.86. The molecule has 0 spiro atoms. The minimum absolute atomic E-state index is 0.176. The van der Waals surface area contributed by atoms with Crippen molar-refractivity contribution < 1.29 is 14.6 Å². The van der Waals surface area contributed by atoms with Crippen molar-refractivity contribution in [1.29, 1.82) is 0 Å². The summed E-state index contributed by atoms with van der Waals surface area (Å²) >= 11 is 0. The van der Waals surface area contributed by atoms with E-state index in [2.05, 4.69) is 0 Å². The quantitative estimate of drug-likeness (QED) is 0.850. The molecule has 90 valence electrons. The first-order chi connectivity index (χ1) is 8.29. The first-order valence-corrected chi connectivity index (χ1v) is 5.72. The zero-order valence-corrected chi connectivity index (χ0v) is 9.67. The number of methoxy groups -OCH3 is 1. The van der Waals surface area contributed by atoms with Gasteiger partial charge >= 0.3 is 0 Å². The molecule has 2 heterocycles. The third-order valence-corrected chi connectivity index (χ3v) is 3.33. The monoisotopic (exact) mass is 233 g/mol. The van der Waals surface area contributed by atoms with Gasteiger partial charge in [0.15, 0.2) is 12.1 Å². The summed E-state index contributed by atoms with van der Waals surface area (Å²) in [6, 6.07) is 8.03. The summed E-state index contributed by atoms with van der Waals surface area (Å²) in [6.07, 6.45) is 2.53. The van der Waals surface area contributed by atoms with Gasteiger partial charge in [0.25, 0.3) is 0 Å². The second-order valence-corrected chi connectivity index (χ2v) is 4.32. The molecule has 0 amide bonds. The number of hydrogen-bond acceptors (Lipinski definition) is 4. The van der Waals surface area contributed by atoms with Crippen molar-refractivity contribution in [3.05, 3.63) is 41.8 Å². The Morgan fingerprint density at radius 1 is 1.35 bits per heavy atom. The second kappa shape index (κ2) is 3.96. The lowest BCUT2D eigenvalue weighted by Crippen LogP contribution is -2.27. The molecule has 2 atom stereocenters. The molecule has 0 bridgehead atoms. The molecule has 2 aliphatic heterocycles. The molecule has 4 heteroatoms. The number of aliphatic hydroxyl groups is 1. The summed E-state index contributed by atoms with van der Waals surface area (Å²) in [6.45, 7) is 0.664. The third-order valence-electron chi connectivity index (χ3n) is 3.33. The molecule has 0 aliphatic carbocycles. The number of benzene rings is 1. The molecular weight excluding hydrogens is 218 g/mol. The van der Waals surface area contributed by atoms with Gasteiger partial charge in [-0.05, 0) is 24.6 Å². The van der Waals surface area contributed by atoms with Crippen LogP contribution in [0.1, 0.15) is 18.2 Å². The maximum Gasteiger partial charge on any atom is 0.185 e. The molecular formula is C13H15NO3. The van der Waals surface area contributed by atoms with Crippen LogP contribution in [0.4, 0.5) is 0 Å². The summed E-state index contributed by atoms with van der Waals surface area (Å²) in [7, 11) is 1.64. The molecule has 1 aromatic carbocycles. The first-order valence-electron chi connectivity index (χ1n) is 5.72. The molecule has 1 saturated heterocycles. The summed E-state index contributed by atoms with van der Waals surface area (Å²) in [5, 5.41) is 9.81. The standard InChI is InChI=1S/C13H15NO3/c1-16-11-5-2-9(3-6-11)13-14-10(8-17-13)4-7-12(14)15/h2-3,5-7,10,13,15H,4,8H2,1H3/t10-,13+/m0/s1. The van der Waals surface area contributed by atoms with Gasteiger partial charge in [-0.15, -0.1) is 0 Å². The molecule has 0 saturated carbocycles. The lowest BCUT2D eigenvalue weighted by Gasteiger charge is -2.24. The number of ether oxygens (including phenoxy) is 2. The highest BCUT2D eigenvalue weighted by Gasteiger charge is 2.39. The third kappa shape index (κ3) is 1.65. The van der Waals surface area contributed by atoms with E-state index in [9.17, 15) is 5.11 Å². The van der Waals surface area contributed by atoms with Crippen molar-refractivity contribution in [3.63, 3.8) is 0 Å². The summed E-state index contributed by atoms with van der Waals surface area (Å²) < 4.78 is 10.9. The highest BCUT2D eigenvalue weighted by Crippen LogP contribution is 2.38. The topological polar surface area (TPSA) is 41.9 Å². The highest BCUT2D eigenvalue weighted by molar-refractivity contribution is 5.29. The van der Waals surface area contributed by atoms with E-state index in [0.29, 0.717) is 12.5 Å². The molecule has 4 nitrogen and oxygen atoms in total. The maximum atomic E-state index is 9.81. The van der Waals surface area contributed by atoms with E-state index in [1.54, 1.807) is 7.11 Å². The van der Waals surface area contributed by atoms with Crippen LogP contribution in [0, 0.1) is 0 Å². The average Bonchev–Trinajstić information content (AvgIpc) is 2.93. The number of rotatable bonds is 2. The first kappa shape index (κ1) is 10.5. The van der Waals surface area contributed by atoms with E-state index >= 15 is 0 Å². The number of hydrogen-bond donors (Lipinski definition) is 1. The predicted octanol–water partition coefficient (Wildman–Crippen LogP) is 2.20. The Morgan fingerprint density at radius 3 is 2.82 bits per heavy atom. The molecule has 0 radical (unpaired) electrons. The molecule has 3 rings (SSSR count). The average molecular weight is 233 g/mol. The van der Waals surface area contributed by atoms with Gasteiger partial charge in [-0.25, -0.2) is 0 Å². The maximum absolute atomic E-state index is 9.81. The molecule has 1 N–H and O–H groups in total. The van der Waals surface area contributed by atoms with E-state index in [1.807, 2.05) is 35.2 Å². The Bertz CT molecular complexity index is 440. The van der Waals surface area contributed by atoms with E-state index in [4.69, 9.17) is 9.47 Å². The SMILES string of the molecule is COc1ccc([C@H]2OC[C@@H]3CC=C(O)N32)cc1. The second-order valence-electron chi connectivity index (χ2n) is 4.32. The smallest absolute Gasteiger partial charge is 0.185 e. The van der Waals surface area contributed by atoms with Gasteiger partial charge < -0.3 is 19.5 Å². The Labute approximate surface area is 100 Å². The normalized spacial score (nSPS) is 26.9. The van der Waals surface area contributed by atoms with Gasteiger partial charge in [-0.3, -0.25) is 0 Å². The van der Waals surface area contributed by atoms with E-state index in [1.165, 1.54) is 0 Å². The van der Waals surface area contributed by atoms with Gasteiger partial charge in [0.2, 0.25) is 0 Å². The fourth-order valence-electron chi connectivity index (χ4n) is 2.42. The fraction of sp³-hybridized carbons (Fsp3) is 0.385. The minimum atomic E-state index is -0.176. The van der Waals surface area contributed by atoms with Crippen LogP contribution in [0.25, 0.3) is 0 Å². The van der Waals surface area contributed by atoms with Crippen LogP contribution in [0.5, 0.6) is 5.75 Å². The largest absolute Gasteiger partial charge is 0.497 e. The van der Waals surface area contributed by atoms with Gasteiger partial charge in [-0.1, -0.05) is 12.1 Å². The predicted molar refractivity (Wildman–Crippen MR) is 62.6 cm³/mol. The highest BCUT2D eigenvalue weighted by atomic mass is 16.5. The summed E-state index contributed by atoms with van der Waals surface area (Å²) in [5.41, 5.74) is 1.04. The van der Waals surface area contributed by atoms with E-state index in [-0.39, 0.29) is 12.3 Å². The van der Waals surface area contributed by atoms with Crippen LogP contribution in [0.3, 0.4) is 0 Å². The summed E-state index contributed by atoms with van der Waals surface area (Å²) in [5.74, 6) is 1.15. The van der Waals surface area contributed by atoms with Gasteiger partial charge in [-0.2, -0.15) is 0 Å².